The summed E-state index contributed by atoms with van der Waals surface area (Å²) in [6, 6.07) is 16.7. The molecule has 0 atom stereocenters. The van der Waals surface area contributed by atoms with Crippen molar-refractivity contribution in [3.05, 3.63) is 66.2 Å². The molecule has 29 heavy (non-hydrogen) atoms. The maximum absolute atomic E-state index is 12.3. The van der Waals surface area contributed by atoms with Gasteiger partial charge in [-0.3, -0.25) is 0 Å². The Morgan fingerprint density at radius 3 is 2.66 bits per heavy atom. The summed E-state index contributed by atoms with van der Waals surface area (Å²) in [5, 5.41) is 18.8. The Labute approximate surface area is 169 Å². The van der Waals surface area contributed by atoms with Crippen LogP contribution in [0.3, 0.4) is 0 Å². The van der Waals surface area contributed by atoms with Crippen molar-refractivity contribution >= 4 is 34.3 Å². The van der Waals surface area contributed by atoms with Crippen LogP contribution in [-0.4, -0.2) is 44.1 Å². The van der Waals surface area contributed by atoms with E-state index in [1.165, 1.54) is 7.11 Å². The number of benzene rings is 2. The average molecular weight is 408 g/mol. The van der Waals surface area contributed by atoms with Gasteiger partial charge >= 0.3 is 5.97 Å². The zero-order valence-electron chi connectivity index (χ0n) is 15.3. The third kappa shape index (κ3) is 3.99. The molecule has 0 radical (unpaired) electrons. The second kappa shape index (κ2) is 8.19. The monoisotopic (exact) mass is 408 g/mol. The van der Waals surface area contributed by atoms with Crippen LogP contribution < -0.4 is 0 Å². The minimum Gasteiger partial charge on any atom is -0.510 e. The fourth-order valence-electron chi connectivity index (χ4n) is 2.69. The summed E-state index contributed by atoms with van der Waals surface area (Å²) in [5.41, 5.74) is 2.17. The van der Waals surface area contributed by atoms with E-state index in [0.717, 1.165) is 22.8 Å². The molecule has 146 valence electrons. The number of aromatic amines is 1. The van der Waals surface area contributed by atoms with Crippen LogP contribution in [0.1, 0.15) is 5.82 Å². The zero-order valence-corrected chi connectivity index (χ0v) is 16.1. The number of hydrogen-bond donors (Lipinski definition) is 2. The van der Waals surface area contributed by atoms with Gasteiger partial charge in [0.15, 0.2) is 0 Å². The number of methoxy groups -OCH3 is 1. The second-order valence-corrected chi connectivity index (χ2v) is 6.87. The van der Waals surface area contributed by atoms with Gasteiger partial charge in [-0.05, 0) is 24.3 Å². The highest BCUT2D eigenvalue weighted by molar-refractivity contribution is 7.99. The molecule has 2 heterocycles. The lowest BCUT2D eigenvalue weighted by Crippen LogP contribution is -2.09. The average Bonchev–Trinajstić information content (AvgIpc) is 3.40. The molecule has 0 amide bonds. The molecule has 8 nitrogen and oxygen atoms in total. The minimum atomic E-state index is -0.697. The van der Waals surface area contributed by atoms with Crippen molar-refractivity contribution in [1.82, 2.24) is 20.2 Å². The second-order valence-electron chi connectivity index (χ2n) is 5.94. The molecule has 2 aromatic heterocycles. The van der Waals surface area contributed by atoms with Gasteiger partial charge in [-0.1, -0.05) is 42.1 Å². The Balaban J connectivity index is 1.58. The Hall–Kier alpha value is -3.59. The molecule has 2 aromatic carbocycles. The Morgan fingerprint density at radius 1 is 1.14 bits per heavy atom. The highest BCUT2D eigenvalue weighted by Gasteiger charge is 2.22. The maximum atomic E-state index is 12.3. The summed E-state index contributed by atoms with van der Waals surface area (Å²) < 4.78 is 10.4. The SMILES string of the molecule is COC(=O)/C(=C(/O)CSc1nnc(-c2ccccc2)o1)c1nc2ccccc2[nH]1. The maximum Gasteiger partial charge on any atom is 0.345 e. The summed E-state index contributed by atoms with van der Waals surface area (Å²) in [6.07, 6.45) is 0. The Bertz CT molecular complexity index is 1150. The molecule has 2 N–H and O–H groups in total. The Morgan fingerprint density at radius 2 is 1.90 bits per heavy atom. The lowest BCUT2D eigenvalue weighted by Gasteiger charge is -2.06. The van der Waals surface area contributed by atoms with E-state index in [9.17, 15) is 9.90 Å². The first kappa shape index (κ1) is 18.8. The van der Waals surface area contributed by atoms with E-state index in [4.69, 9.17) is 9.15 Å². The number of imidazole rings is 1. The van der Waals surface area contributed by atoms with Crippen molar-refractivity contribution < 1.29 is 19.1 Å². The number of thioether (sulfide) groups is 1. The molecule has 9 heteroatoms. The van der Waals surface area contributed by atoms with Gasteiger partial charge in [0.2, 0.25) is 5.89 Å². The van der Waals surface area contributed by atoms with Gasteiger partial charge < -0.3 is 19.2 Å². The van der Waals surface area contributed by atoms with Crippen LogP contribution in [0.4, 0.5) is 0 Å². The Kier molecular flexibility index (Phi) is 5.30. The van der Waals surface area contributed by atoms with Gasteiger partial charge in [-0.2, -0.15) is 0 Å². The summed E-state index contributed by atoms with van der Waals surface area (Å²) in [6.45, 7) is 0. The van der Waals surface area contributed by atoms with Crippen LogP contribution in [0, 0.1) is 0 Å². The smallest absolute Gasteiger partial charge is 0.345 e. The van der Waals surface area contributed by atoms with E-state index in [2.05, 4.69) is 20.2 Å². The molecule has 0 unspecified atom stereocenters. The normalized spacial score (nSPS) is 12.0. The van der Waals surface area contributed by atoms with Gasteiger partial charge in [0.25, 0.3) is 5.22 Å². The number of carbonyl (C=O) groups excluding carboxylic acids is 1. The number of carbonyl (C=O) groups is 1. The van der Waals surface area contributed by atoms with E-state index >= 15 is 0 Å². The molecular weight excluding hydrogens is 392 g/mol. The van der Waals surface area contributed by atoms with Gasteiger partial charge in [0, 0.05) is 5.56 Å². The number of H-pyrrole nitrogens is 1. The van der Waals surface area contributed by atoms with Crippen LogP contribution in [0.15, 0.2) is 70.0 Å². The number of aromatic nitrogens is 4. The number of rotatable bonds is 6. The number of aliphatic hydroxyl groups is 1. The fraction of sp³-hybridized carbons (Fsp3) is 0.100. The summed E-state index contributed by atoms with van der Waals surface area (Å²) in [7, 11) is 1.25. The minimum absolute atomic E-state index is 0.0257. The van der Waals surface area contributed by atoms with Crippen LogP contribution in [0.2, 0.25) is 0 Å². The van der Waals surface area contributed by atoms with Crippen molar-refractivity contribution in [3.8, 4) is 11.5 Å². The number of nitrogens with one attached hydrogen (secondary N) is 1. The van der Waals surface area contributed by atoms with Crippen molar-refractivity contribution in [2.75, 3.05) is 12.9 Å². The molecule has 0 fully saturated rings. The number of fused-ring (bicyclic) bond motifs is 1. The van der Waals surface area contributed by atoms with Gasteiger partial charge in [0.1, 0.15) is 17.2 Å². The standard InChI is InChI=1S/C20H16N4O4S/c1-27-19(26)16(17-21-13-9-5-6-10-14(13)22-17)15(25)11-29-20-24-23-18(28-20)12-7-3-2-4-8-12/h2-10,25H,11H2,1H3,(H,21,22)/b16-15+. The summed E-state index contributed by atoms with van der Waals surface area (Å²) in [5.74, 6) is -0.274. The topological polar surface area (TPSA) is 114 Å². The summed E-state index contributed by atoms with van der Waals surface area (Å²) in [4.78, 5) is 19.7. The van der Waals surface area contributed by atoms with Crippen LogP contribution in [0.5, 0.6) is 0 Å². The first-order valence-corrected chi connectivity index (χ1v) is 9.61. The highest BCUT2D eigenvalue weighted by atomic mass is 32.2. The van der Waals surface area contributed by atoms with Gasteiger partial charge in [-0.25, -0.2) is 9.78 Å². The molecule has 0 aliphatic carbocycles. The molecule has 4 rings (SSSR count). The number of para-hydroxylation sites is 2. The predicted molar refractivity (Wildman–Crippen MR) is 108 cm³/mol. The van der Waals surface area contributed by atoms with Gasteiger partial charge in [-0.15, -0.1) is 10.2 Å². The van der Waals surface area contributed by atoms with Gasteiger partial charge in [0.05, 0.1) is 23.9 Å². The largest absolute Gasteiger partial charge is 0.510 e. The number of esters is 1. The van der Waals surface area contributed by atoms with E-state index < -0.39 is 5.97 Å². The van der Waals surface area contributed by atoms with Crippen LogP contribution in [-0.2, 0) is 9.53 Å². The summed E-state index contributed by atoms with van der Waals surface area (Å²) >= 11 is 1.10. The van der Waals surface area contributed by atoms with E-state index in [-0.39, 0.29) is 28.1 Å². The zero-order chi connectivity index (χ0) is 20.2. The van der Waals surface area contributed by atoms with E-state index in [1.807, 2.05) is 48.5 Å². The van der Waals surface area contributed by atoms with E-state index in [0.29, 0.717) is 11.4 Å². The quantitative estimate of drug-likeness (QED) is 0.214. The lowest BCUT2D eigenvalue weighted by atomic mass is 10.2. The number of nitrogens with zero attached hydrogens (tertiary/aromatic N) is 3. The lowest BCUT2D eigenvalue weighted by molar-refractivity contribution is -0.133. The van der Waals surface area contributed by atoms with Crippen molar-refractivity contribution in [1.29, 1.82) is 0 Å². The molecule has 0 aliphatic heterocycles. The molecule has 0 aliphatic rings. The molecule has 4 aromatic rings. The van der Waals surface area contributed by atoms with Crippen molar-refractivity contribution in [3.63, 3.8) is 0 Å². The van der Waals surface area contributed by atoms with Crippen LogP contribution in [0.25, 0.3) is 28.1 Å². The van der Waals surface area contributed by atoms with Crippen LogP contribution >= 0.6 is 11.8 Å². The molecule has 0 saturated heterocycles. The predicted octanol–water partition coefficient (Wildman–Crippen LogP) is 3.85. The van der Waals surface area contributed by atoms with E-state index in [1.54, 1.807) is 6.07 Å². The number of aliphatic hydroxyl groups excluding tert-OH is 1. The first-order valence-electron chi connectivity index (χ1n) is 8.63. The first-order chi connectivity index (χ1) is 14.2. The fourth-order valence-corrected chi connectivity index (χ4v) is 3.33. The third-order valence-corrected chi connectivity index (χ3v) is 4.89. The van der Waals surface area contributed by atoms with Crippen molar-refractivity contribution in [2.24, 2.45) is 0 Å². The molecule has 0 saturated carbocycles. The molecule has 0 spiro atoms. The third-order valence-electron chi connectivity index (χ3n) is 4.06. The molecule has 0 bridgehead atoms. The molecular formula is C20H16N4O4S. The highest BCUT2D eigenvalue weighted by Crippen LogP contribution is 2.27. The number of ether oxygens (including phenoxy) is 1. The van der Waals surface area contributed by atoms with Crippen molar-refractivity contribution in [2.45, 2.75) is 5.22 Å². The number of hydrogen-bond acceptors (Lipinski definition) is 8.